The van der Waals surface area contributed by atoms with E-state index in [4.69, 9.17) is 9.72 Å². The van der Waals surface area contributed by atoms with Crippen molar-refractivity contribution in [2.45, 2.75) is 38.0 Å². The highest BCUT2D eigenvalue weighted by Gasteiger charge is 2.47. The molecule has 1 amide bonds. The molecule has 2 bridgehead atoms. The van der Waals surface area contributed by atoms with Crippen molar-refractivity contribution in [1.82, 2.24) is 24.4 Å². The number of hydrogen-bond acceptors (Lipinski definition) is 5. The van der Waals surface area contributed by atoms with Crippen molar-refractivity contribution in [3.8, 4) is 17.6 Å². The smallest absolute Gasteiger partial charge is 0.387 e. The van der Waals surface area contributed by atoms with Crippen LogP contribution in [0.4, 0.5) is 8.78 Å². The van der Waals surface area contributed by atoms with Crippen molar-refractivity contribution < 1.29 is 18.3 Å². The second-order valence-electron chi connectivity index (χ2n) is 8.96. The van der Waals surface area contributed by atoms with Crippen molar-refractivity contribution >= 4 is 12.0 Å². The van der Waals surface area contributed by atoms with Crippen molar-refractivity contribution in [1.29, 1.82) is 0 Å². The van der Waals surface area contributed by atoms with Crippen LogP contribution in [-0.2, 0) is 0 Å². The van der Waals surface area contributed by atoms with E-state index in [2.05, 4.69) is 33.3 Å². The Kier molecular flexibility index (Phi) is 4.92. The number of alkyl halides is 2. The Balaban J connectivity index is 1.48. The van der Waals surface area contributed by atoms with E-state index in [1.807, 2.05) is 12.2 Å². The highest BCUT2D eigenvalue weighted by molar-refractivity contribution is 5.97. The summed E-state index contributed by atoms with van der Waals surface area (Å²) in [6.45, 7) is -0.902. The highest BCUT2D eigenvalue weighted by atomic mass is 19.3. The zero-order valence-electron chi connectivity index (χ0n) is 19.0. The van der Waals surface area contributed by atoms with Gasteiger partial charge in [0.2, 0.25) is 0 Å². The highest BCUT2D eigenvalue weighted by Crippen LogP contribution is 2.51. The summed E-state index contributed by atoms with van der Waals surface area (Å²) < 4.78 is 33.6. The van der Waals surface area contributed by atoms with Gasteiger partial charge in [0.05, 0.1) is 23.3 Å². The molecule has 1 aromatic carbocycles. The number of rotatable bonds is 2. The molecule has 4 heterocycles. The molecule has 176 valence electrons. The fourth-order valence-corrected chi connectivity index (χ4v) is 5.46. The predicted octanol–water partition coefficient (Wildman–Crippen LogP) is 4.19. The molecule has 2 unspecified atom stereocenters. The second-order valence-corrected chi connectivity index (χ2v) is 8.96. The molecule has 3 aliphatic rings. The quantitative estimate of drug-likeness (QED) is 0.522. The van der Waals surface area contributed by atoms with E-state index in [0.717, 1.165) is 22.8 Å². The minimum absolute atomic E-state index is 0.0123. The molecule has 1 aliphatic carbocycles. The first kappa shape index (κ1) is 21.5. The second kappa shape index (κ2) is 8.01. The molecule has 0 spiro atoms. The molecule has 7 nitrogen and oxygen atoms in total. The summed E-state index contributed by atoms with van der Waals surface area (Å²) in [5.41, 5.74) is 3.40. The van der Waals surface area contributed by atoms with Gasteiger partial charge in [-0.05, 0) is 18.2 Å². The number of ether oxygens (including phenoxy) is 1. The summed E-state index contributed by atoms with van der Waals surface area (Å²) in [4.78, 5) is 27.8. The van der Waals surface area contributed by atoms with Gasteiger partial charge in [-0.1, -0.05) is 30.9 Å². The molecule has 6 rings (SSSR count). The summed E-state index contributed by atoms with van der Waals surface area (Å²) in [5.74, 6) is 6.91. The van der Waals surface area contributed by atoms with Gasteiger partial charge in [-0.15, -0.1) is 0 Å². The minimum Gasteiger partial charge on any atom is -0.434 e. The van der Waals surface area contributed by atoms with Gasteiger partial charge in [0.25, 0.3) is 5.91 Å². The molecular weight excluding hydrogens is 452 g/mol. The number of halogens is 2. The van der Waals surface area contributed by atoms with Crippen LogP contribution in [0.15, 0.2) is 43.0 Å². The van der Waals surface area contributed by atoms with Crippen molar-refractivity contribution in [2.75, 3.05) is 7.05 Å². The van der Waals surface area contributed by atoms with Crippen LogP contribution in [-0.4, -0.2) is 44.0 Å². The first-order valence-electron chi connectivity index (χ1n) is 11.4. The molecular formula is C26H21F2N5O2. The molecule has 0 saturated carbocycles. The van der Waals surface area contributed by atoms with Gasteiger partial charge in [0.15, 0.2) is 0 Å². The Morgan fingerprint density at radius 1 is 1.20 bits per heavy atom. The number of carbonyl (C=O) groups is 1. The number of aromatic nitrogens is 4. The number of hydrogen-bond donors (Lipinski definition) is 0. The molecule has 0 saturated heterocycles. The number of allylic oxidation sites excluding steroid dienone is 1. The summed E-state index contributed by atoms with van der Waals surface area (Å²) in [6.07, 6.45) is 9.33. The monoisotopic (exact) mass is 473 g/mol. The fourth-order valence-electron chi connectivity index (χ4n) is 5.46. The van der Waals surface area contributed by atoms with Crippen LogP contribution in [0.3, 0.4) is 0 Å². The Labute approximate surface area is 200 Å². The van der Waals surface area contributed by atoms with Crippen LogP contribution in [0.5, 0.6) is 5.75 Å². The van der Waals surface area contributed by atoms with Gasteiger partial charge in [-0.2, -0.15) is 8.78 Å². The van der Waals surface area contributed by atoms with Gasteiger partial charge in [0, 0.05) is 54.5 Å². The van der Waals surface area contributed by atoms with Gasteiger partial charge >= 0.3 is 6.61 Å². The van der Waals surface area contributed by atoms with Gasteiger partial charge in [-0.25, -0.2) is 15.0 Å². The molecule has 2 aromatic heterocycles. The lowest BCUT2D eigenvalue weighted by Crippen LogP contribution is -2.31. The zero-order chi connectivity index (χ0) is 24.3. The molecule has 0 fully saturated rings. The van der Waals surface area contributed by atoms with E-state index < -0.39 is 6.61 Å². The fraction of sp³-hybridized carbons (Fsp3) is 0.308. The maximum atomic E-state index is 13.3. The number of fused-ring (bicyclic) bond motifs is 9. The van der Waals surface area contributed by atoms with E-state index >= 15 is 0 Å². The summed E-state index contributed by atoms with van der Waals surface area (Å²) in [7, 11) is 1.73. The first-order chi connectivity index (χ1) is 16.9. The van der Waals surface area contributed by atoms with Crippen LogP contribution in [0.25, 0.3) is 6.08 Å². The molecule has 4 atom stereocenters. The number of benzene rings is 1. The molecule has 3 aromatic rings. The largest absolute Gasteiger partial charge is 0.434 e. The third-order valence-electron chi connectivity index (χ3n) is 7.07. The molecule has 35 heavy (non-hydrogen) atoms. The predicted molar refractivity (Wildman–Crippen MR) is 123 cm³/mol. The topological polar surface area (TPSA) is 73.1 Å². The van der Waals surface area contributed by atoms with Crippen LogP contribution in [0.2, 0.25) is 0 Å². The average molecular weight is 473 g/mol. The molecule has 0 radical (unpaired) electrons. The Morgan fingerprint density at radius 3 is 2.77 bits per heavy atom. The van der Waals surface area contributed by atoms with Crippen LogP contribution in [0.1, 0.15) is 70.0 Å². The van der Waals surface area contributed by atoms with E-state index in [1.165, 1.54) is 12.4 Å². The molecule has 2 aliphatic heterocycles. The van der Waals surface area contributed by atoms with E-state index in [-0.39, 0.29) is 35.6 Å². The SMILES string of the molecule is CC1c2c(nc3n2[C@@H]2C[C@H]3N(C)C(=O)c3cccc(OC(F)F)c32)C=CC1C#Cc1cncnc1. The Bertz CT molecular complexity index is 1420. The van der Waals surface area contributed by atoms with Crippen molar-refractivity contribution in [3.05, 3.63) is 76.9 Å². The lowest BCUT2D eigenvalue weighted by Gasteiger charge is -2.27. The average Bonchev–Trinajstić information content (AvgIpc) is 3.37. The number of amides is 1. The van der Waals surface area contributed by atoms with E-state index in [0.29, 0.717) is 17.5 Å². The minimum atomic E-state index is -2.99. The van der Waals surface area contributed by atoms with Crippen LogP contribution < -0.4 is 4.74 Å². The lowest BCUT2D eigenvalue weighted by atomic mass is 9.85. The van der Waals surface area contributed by atoms with Crippen LogP contribution in [0, 0.1) is 17.8 Å². The van der Waals surface area contributed by atoms with E-state index in [1.54, 1.807) is 36.5 Å². The summed E-state index contributed by atoms with van der Waals surface area (Å²) in [5, 5.41) is 0. The zero-order valence-corrected chi connectivity index (χ0v) is 19.0. The molecule has 9 heteroatoms. The van der Waals surface area contributed by atoms with Gasteiger partial charge in [0.1, 0.15) is 17.9 Å². The lowest BCUT2D eigenvalue weighted by molar-refractivity contribution is -0.0507. The standard InChI is InChI=1S/C26H21F2N5O2/c1-14-16(7-6-15-11-29-13-30-12-15)8-9-18-23(14)33-19-10-20(24(33)31-18)32(2)25(34)17-4-3-5-21(22(17)19)35-26(27)28/h3-5,8-9,11-14,16,19-20,26H,10H2,1-2H3/t14?,16?,19-,20-/m1/s1. The molecule has 0 N–H and O–H groups in total. The Hall–Kier alpha value is -4.06. The Morgan fingerprint density at radius 2 is 2.00 bits per heavy atom. The van der Waals surface area contributed by atoms with Crippen molar-refractivity contribution in [2.24, 2.45) is 5.92 Å². The van der Waals surface area contributed by atoms with E-state index in [9.17, 15) is 13.6 Å². The summed E-state index contributed by atoms with van der Waals surface area (Å²) >= 11 is 0. The maximum absolute atomic E-state index is 13.3. The van der Waals surface area contributed by atoms with Crippen LogP contribution >= 0.6 is 0 Å². The summed E-state index contributed by atoms with van der Waals surface area (Å²) in [6, 6.07) is 4.14. The number of imidazole rings is 1. The van der Waals surface area contributed by atoms with Gasteiger partial charge in [-0.3, -0.25) is 4.79 Å². The van der Waals surface area contributed by atoms with Gasteiger partial charge < -0.3 is 14.2 Å². The third kappa shape index (κ3) is 3.32. The normalized spacial score (nSPS) is 23.8. The third-order valence-corrected chi connectivity index (χ3v) is 7.07. The first-order valence-corrected chi connectivity index (χ1v) is 11.4. The van der Waals surface area contributed by atoms with Crippen molar-refractivity contribution in [3.63, 3.8) is 0 Å². The number of nitrogens with zero attached hydrogens (tertiary/aromatic N) is 5. The number of carbonyl (C=O) groups excluding carboxylic acids is 1. The maximum Gasteiger partial charge on any atom is 0.387 e.